The van der Waals surface area contributed by atoms with E-state index in [1.54, 1.807) is 24.3 Å². The van der Waals surface area contributed by atoms with E-state index in [1.165, 1.54) is 6.92 Å². The molecular weight excluding hydrogens is 243 g/mol. The first-order valence-electron chi connectivity index (χ1n) is 4.44. The molecule has 0 aliphatic carbocycles. The summed E-state index contributed by atoms with van der Waals surface area (Å²) in [7, 11) is 0. The number of carbonyl (C=O) groups excluding carboxylic acids is 1. The smallest absolute Gasteiger partial charge is 0.342 e. The van der Waals surface area contributed by atoms with Crippen LogP contribution in [0.25, 0.3) is 0 Å². The van der Waals surface area contributed by atoms with E-state index in [2.05, 4.69) is 0 Å². The van der Waals surface area contributed by atoms with Gasteiger partial charge in [-0.25, -0.2) is 0 Å². The normalized spacial score (nSPS) is 13.3. The fourth-order valence-electron chi connectivity index (χ4n) is 1.11. The number of hydrogen-bond acceptors (Lipinski definition) is 1. The van der Waals surface area contributed by atoms with Gasteiger partial charge in [0, 0.05) is 5.02 Å². The predicted molar refractivity (Wildman–Crippen MR) is 54.1 cm³/mol. The number of alkyl halides is 3. The lowest BCUT2D eigenvalue weighted by molar-refractivity contribution is -0.174. The zero-order chi connectivity index (χ0) is 12.3. The lowest BCUT2D eigenvalue weighted by atomic mass is 10.1. The Morgan fingerprint density at radius 3 is 2.25 bits per heavy atom. The third-order valence-corrected chi connectivity index (χ3v) is 2.23. The molecule has 2 nitrogen and oxygen atoms in total. The molecule has 1 N–H and O–H groups in total. The van der Waals surface area contributed by atoms with Gasteiger partial charge in [0.1, 0.15) is 0 Å². The molecule has 6 heteroatoms. The van der Waals surface area contributed by atoms with Crippen LogP contribution in [0.5, 0.6) is 0 Å². The van der Waals surface area contributed by atoms with Crippen molar-refractivity contribution in [3.8, 4) is 0 Å². The van der Waals surface area contributed by atoms with Gasteiger partial charge in [-0.05, 0) is 24.6 Å². The van der Waals surface area contributed by atoms with Gasteiger partial charge < -0.3 is 5.32 Å². The molecule has 1 rings (SSSR count). The molecule has 1 amide bonds. The molecule has 88 valence electrons. The monoisotopic (exact) mass is 251 g/mol. The maximum atomic E-state index is 12.0. The second-order valence-corrected chi connectivity index (χ2v) is 3.68. The topological polar surface area (TPSA) is 29.1 Å². The van der Waals surface area contributed by atoms with Crippen molar-refractivity contribution >= 4 is 17.5 Å². The number of carbonyl (C=O) groups is 1. The number of amides is 1. The van der Waals surface area contributed by atoms with E-state index >= 15 is 0 Å². The first-order chi connectivity index (χ1) is 7.30. The van der Waals surface area contributed by atoms with E-state index < -0.39 is 18.1 Å². The minimum Gasteiger partial charge on any atom is -0.342 e. The lowest BCUT2D eigenvalue weighted by Crippen LogP contribution is -2.38. The maximum Gasteiger partial charge on any atom is 0.471 e. The summed E-state index contributed by atoms with van der Waals surface area (Å²) in [6, 6.07) is 5.50. The van der Waals surface area contributed by atoms with Crippen molar-refractivity contribution in [1.29, 1.82) is 0 Å². The highest BCUT2D eigenvalue weighted by Gasteiger charge is 2.39. The Bertz CT molecular complexity index is 375. The van der Waals surface area contributed by atoms with E-state index in [1.807, 2.05) is 5.32 Å². The van der Waals surface area contributed by atoms with Crippen LogP contribution in [0, 0.1) is 0 Å². The van der Waals surface area contributed by atoms with E-state index in [0.29, 0.717) is 10.6 Å². The highest BCUT2D eigenvalue weighted by Crippen LogP contribution is 2.19. The summed E-state index contributed by atoms with van der Waals surface area (Å²) in [5, 5.41) is 2.33. The number of rotatable bonds is 2. The van der Waals surface area contributed by atoms with Gasteiger partial charge in [0.15, 0.2) is 0 Å². The van der Waals surface area contributed by atoms with Crippen molar-refractivity contribution < 1.29 is 18.0 Å². The van der Waals surface area contributed by atoms with Crippen LogP contribution in [-0.2, 0) is 4.79 Å². The predicted octanol–water partition coefficient (Wildman–Crippen LogP) is 3.08. The second kappa shape index (κ2) is 4.74. The zero-order valence-corrected chi connectivity index (χ0v) is 9.06. The Labute approximate surface area is 95.4 Å². The molecule has 0 saturated heterocycles. The van der Waals surface area contributed by atoms with Crippen molar-refractivity contribution in [2.45, 2.75) is 19.1 Å². The van der Waals surface area contributed by atoms with Crippen LogP contribution in [-0.4, -0.2) is 12.1 Å². The summed E-state index contributed by atoms with van der Waals surface area (Å²) in [5.74, 6) is -1.95. The maximum absolute atomic E-state index is 12.0. The summed E-state index contributed by atoms with van der Waals surface area (Å²) in [4.78, 5) is 10.7. The Morgan fingerprint density at radius 1 is 1.31 bits per heavy atom. The zero-order valence-electron chi connectivity index (χ0n) is 8.31. The van der Waals surface area contributed by atoms with Crippen LogP contribution in [0.1, 0.15) is 18.5 Å². The van der Waals surface area contributed by atoms with Gasteiger partial charge in [0.25, 0.3) is 0 Å². The number of benzene rings is 1. The molecule has 0 unspecified atom stereocenters. The van der Waals surface area contributed by atoms with Gasteiger partial charge >= 0.3 is 12.1 Å². The van der Waals surface area contributed by atoms with Gasteiger partial charge in [-0.3, -0.25) is 4.79 Å². The highest BCUT2D eigenvalue weighted by atomic mass is 35.5. The van der Waals surface area contributed by atoms with Crippen LogP contribution in [0.2, 0.25) is 5.02 Å². The molecule has 0 saturated carbocycles. The molecule has 0 spiro atoms. The van der Waals surface area contributed by atoms with Crippen LogP contribution < -0.4 is 5.32 Å². The van der Waals surface area contributed by atoms with E-state index in [9.17, 15) is 18.0 Å². The van der Waals surface area contributed by atoms with Gasteiger partial charge in [-0.15, -0.1) is 0 Å². The van der Waals surface area contributed by atoms with Crippen LogP contribution in [0.15, 0.2) is 24.3 Å². The lowest BCUT2D eigenvalue weighted by Gasteiger charge is -2.15. The van der Waals surface area contributed by atoms with Crippen molar-refractivity contribution in [2.24, 2.45) is 0 Å². The Hall–Kier alpha value is -1.23. The standard InChI is InChI=1S/C10H9ClF3NO/c1-6(15-9(16)10(12,13)14)7-2-4-8(11)5-3-7/h2-6H,1H3,(H,15,16)/t6-/m1/s1. The van der Waals surface area contributed by atoms with Gasteiger partial charge in [-0.2, -0.15) is 13.2 Å². The summed E-state index contributed by atoms with van der Waals surface area (Å²) < 4.78 is 35.9. The molecule has 0 fully saturated rings. The van der Waals surface area contributed by atoms with E-state index in [-0.39, 0.29) is 0 Å². The van der Waals surface area contributed by atoms with Crippen LogP contribution in [0.4, 0.5) is 13.2 Å². The van der Waals surface area contributed by atoms with E-state index in [4.69, 9.17) is 11.6 Å². The first kappa shape index (κ1) is 12.8. The quantitative estimate of drug-likeness (QED) is 0.860. The van der Waals surface area contributed by atoms with Crippen molar-refractivity contribution in [1.82, 2.24) is 5.32 Å². The molecular formula is C10H9ClF3NO. The molecule has 0 aromatic heterocycles. The first-order valence-corrected chi connectivity index (χ1v) is 4.81. The summed E-state index contributed by atoms with van der Waals surface area (Å²) >= 11 is 5.63. The van der Waals surface area contributed by atoms with Gasteiger partial charge in [-0.1, -0.05) is 23.7 Å². The van der Waals surface area contributed by atoms with Crippen LogP contribution in [0.3, 0.4) is 0 Å². The number of halogens is 4. The molecule has 1 atom stereocenters. The third kappa shape index (κ3) is 3.41. The Balaban J connectivity index is 2.69. The third-order valence-electron chi connectivity index (χ3n) is 1.98. The number of hydrogen-bond donors (Lipinski definition) is 1. The summed E-state index contributed by atoms with van der Waals surface area (Å²) in [6.07, 6.45) is -4.86. The van der Waals surface area contributed by atoms with Crippen molar-refractivity contribution in [2.75, 3.05) is 0 Å². The Morgan fingerprint density at radius 2 is 1.81 bits per heavy atom. The Kier molecular flexibility index (Phi) is 3.80. The fraction of sp³-hybridized carbons (Fsp3) is 0.300. The average Bonchev–Trinajstić information content (AvgIpc) is 2.17. The summed E-state index contributed by atoms with van der Waals surface area (Å²) in [6.45, 7) is 1.47. The van der Waals surface area contributed by atoms with Gasteiger partial charge in [0.05, 0.1) is 6.04 Å². The molecule has 1 aromatic carbocycles. The molecule has 0 aliphatic rings. The molecule has 16 heavy (non-hydrogen) atoms. The molecule has 0 heterocycles. The largest absolute Gasteiger partial charge is 0.471 e. The SMILES string of the molecule is C[C@@H](NC(=O)C(F)(F)F)c1ccc(Cl)cc1. The minimum absolute atomic E-state index is 0.484. The molecule has 0 radical (unpaired) electrons. The van der Waals surface area contributed by atoms with Gasteiger partial charge in [0.2, 0.25) is 0 Å². The van der Waals surface area contributed by atoms with Crippen molar-refractivity contribution in [3.05, 3.63) is 34.9 Å². The number of nitrogens with one attached hydrogen (secondary N) is 1. The average molecular weight is 252 g/mol. The highest BCUT2D eigenvalue weighted by molar-refractivity contribution is 6.30. The van der Waals surface area contributed by atoms with Crippen LogP contribution >= 0.6 is 11.6 Å². The van der Waals surface area contributed by atoms with E-state index in [0.717, 1.165) is 0 Å². The molecule has 0 aliphatic heterocycles. The van der Waals surface area contributed by atoms with Crippen molar-refractivity contribution in [3.63, 3.8) is 0 Å². The fourth-order valence-corrected chi connectivity index (χ4v) is 1.24. The minimum atomic E-state index is -4.86. The summed E-state index contributed by atoms with van der Waals surface area (Å²) in [5.41, 5.74) is 0.557. The molecule has 1 aromatic rings. The second-order valence-electron chi connectivity index (χ2n) is 3.24. The molecule has 0 bridgehead atoms.